The summed E-state index contributed by atoms with van der Waals surface area (Å²) < 4.78 is 10.9. The van der Waals surface area contributed by atoms with Crippen LogP contribution in [0.15, 0.2) is 54.6 Å². The number of hydrogen-bond donors (Lipinski definition) is 3. The number of carbonyl (C=O) groups excluding carboxylic acids is 2. The first kappa shape index (κ1) is 22.0. The number of amides is 2. The lowest BCUT2D eigenvalue weighted by Gasteiger charge is -2.22. The first-order chi connectivity index (χ1) is 16.5. The molecule has 1 heterocycles. The molecule has 0 spiro atoms. The molecule has 0 saturated carbocycles. The van der Waals surface area contributed by atoms with E-state index in [0.29, 0.717) is 17.7 Å². The third-order valence-corrected chi connectivity index (χ3v) is 6.49. The predicted octanol–water partition coefficient (Wildman–Crippen LogP) is 4.33. The molecule has 2 amide bonds. The van der Waals surface area contributed by atoms with Gasteiger partial charge in [0.25, 0.3) is 0 Å². The summed E-state index contributed by atoms with van der Waals surface area (Å²) in [5, 5.41) is 6.10. The summed E-state index contributed by atoms with van der Waals surface area (Å²) in [4.78, 5) is 24.7. The number of rotatable bonds is 5. The van der Waals surface area contributed by atoms with Crippen molar-refractivity contribution in [1.82, 2.24) is 5.32 Å². The van der Waals surface area contributed by atoms with Gasteiger partial charge in [0.1, 0.15) is 11.9 Å². The number of nitrogens with one attached hydrogen (secondary N) is 2. The largest absolute Gasteiger partial charge is 0.497 e. The number of benzene rings is 3. The molecule has 1 saturated heterocycles. The molecular weight excluding hydrogens is 430 g/mol. The molecule has 1 fully saturated rings. The zero-order valence-corrected chi connectivity index (χ0v) is 19.0. The number of methoxy groups -OCH3 is 1. The topological polar surface area (TPSA) is 103 Å². The molecule has 4 N–H and O–H groups in total. The third kappa shape index (κ3) is 4.34. The Balaban J connectivity index is 1.43. The number of carbonyl (C=O) groups is 2. The van der Waals surface area contributed by atoms with Gasteiger partial charge in [-0.2, -0.15) is 0 Å². The number of anilines is 1. The van der Waals surface area contributed by atoms with E-state index in [9.17, 15) is 9.59 Å². The maximum atomic E-state index is 12.4. The highest BCUT2D eigenvalue weighted by atomic mass is 16.6. The van der Waals surface area contributed by atoms with Crippen LogP contribution in [0.5, 0.6) is 5.75 Å². The van der Waals surface area contributed by atoms with Gasteiger partial charge in [0.15, 0.2) is 0 Å². The van der Waals surface area contributed by atoms with Crippen LogP contribution in [0, 0.1) is 0 Å². The summed E-state index contributed by atoms with van der Waals surface area (Å²) in [6.45, 7) is 1.71. The van der Waals surface area contributed by atoms with Gasteiger partial charge in [-0.15, -0.1) is 0 Å². The van der Waals surface area contributed by atoms with E-state index in [1.807, 2.05) is 48.5 Å². The van der Waals surface area contributed by atoms with E-state index in [2.05, 4.69) is 16.7 Å². The molecule has 34 heavy (non-hydrogen) atoms. The minimum Gasteiger partial charge on any atom is -0.497 e. The molecule has 1 aliphatic carbocycles. The maximum absolute atomic E-state index is 12.4. The van der Waals surface area contributed by atoms with Crippen molar-refractivity contribution < 1.29 is 19.1 Å². The molecule has 174 valence electrons. The molecule has 0 radical (unpaired) electrons. The molecule has 7 heteroatoms. The van der Waals surface area contributed by atoms with E-state index in [1.54, 1.807) is 7.11 Å². The second kappa shape index (κ2) is 9.19. The molecule has 7 nitrogen and oxygen atoms in total. The summed E-state index contributed by atoms with van der Waals surface area (Å²) in [6.07, 6.45) is 1.70. The molecule has 3 aromatic carbocycles. The molecule has 0 unspecified atom stereocenters. The van der Waals surface area contributed by atoms with Crippen LogP contribution in [0.3, 0.4) is 0 Å². The van der Waals surface area contributed by atoms with Crippen LogP contribution in [0.4, 0.5) is 10.5 Å². The summed E-state index contributed by atoms with van der Waals surface area (Å²) in [5.74, 6) is 0.281. The Morgan fingerprint density at radius 2 is 1.82 bits per heavy atom. The number of primary amides is 1. The quantitative estimate of drug-likeness (QED) is 0.414. The minimum absolute atomic E-state index is 0.0620. The van der Waals surface area contributed by atoms with Crippen LogP contribution in [0.25, 0.3) is 22.3 Å². The van der Waals surface area contributed by atoms with Crippen LogP contribution in [0.2, 0.25) is 0 Å². The normalized spacial score (nSPS) is 14.7. The average molecular weight is 458 g/mol. The summed E-state index contributed by atoms with van der Waals surface area (Å²) >= 11 is 0. The van der Waals surface area contributed by atoms with Gasteiger partial charge in [-0.3, -0.25) is 10.1 Å². The first-order valence-corrected chi connectivity index (χ1v) is 11.4. The van der Waals surface area contributed by atoms with Crippen LogP contribution in [-0.4, -0.2) is 38.3 Å². The fourth-order valence-electron chi connectivity index (χ4n) is 4.77. The molecule has 5 rings (SSSR count). The Hall–Kier alpha value is -3.84. The van der Waals surface area contributed by atoms with E-state index < -0.39 is 12.0 Å². The van der Waals surface area contributed by atoms with Crippen molar-refractivity contribution in [2.75, 3.05) is 25.5 Å². The zero-order valence-electron chi connectivity index (χ0n) is 19.0. The first-order valence-electron chi connectivity index (χ1n) is 11.4. The van der Waals surface area contributed by atoms with Gasteiger partial charge >= 0.3 is 6.09 Å². The second-order valence-corrected chi connectivity index (χ2v) is 8.67. The van der Waals surface area contributed by atoms with E-state index in [-0.39, 0.29) is 6.10 Å². The van der Waals surface area contributed by atoms with Crippen molar-refractivity contribution in [3.05, 3.63) is 71.3 Å². The van der Waals surface area contributed by atoms with Gasteiger partial charge in [0.05, 0.1) is 7.11 Å². The summed E-state index contributed by atoms with van der Waals surface area (Å²) in [7, 11) is 1.63. The van der Waals surface area contributed by atoms with Crippen molar-refractivity contribution in [3.8, 4) is 28.0 Å². The second-order valence-electron chi connectivity index (χ2n) is 8.67. The predicted molar refractivity (Wildman–Crippen MR) is 131 cm³/mol. The number of nitrogens with two attached hydrogens (primary N) is 1. The Morgan fingerprint density at radius 1 is 1.00 bits per heavy atom. The highest BCUT2D eigenvalue weighted by Crippen LogP contribution is 2.42. The Bertz CT molecular complexity index is 1260. The van der Waals surface area contributed by atoms with Gasteiger partial charge in [0, 0.05) is 11.3 Å². The third-order valence-electron chi connectivity index (χ3n) is 6.49. The molecule has 0 bridgehead atoms. The van der Waals surface area contributed by atoms with Crippen molar-refractivity contribution in [3.63, 3.8) is 0 Å². The van der Waals surface area contributed by atoms with Gasteiger partial charge in [-0.1, -0.05) is 18.2 Å². The molecule has 3 aromatic rings. The number of fused-ring (bicyclic) bond motifs is 3. The van der Waals surface area contributed by atoms with Crippen molar-refractivity contribution in [1.29, 1.82) is 0 Å². The van der Waals surface area contributed by atoms with Crippen LogP contribution >= 0.6 is 0 Å². The zero-order chi connectivity index (χ0) is 23.7. The lowest BCUT2D eigenvalue weighted by atomic mass is 9.94. The Morgan fingerprint density at radius 3 is 2.59 bits per heavy atom. The van der Waals surface area contributed by atoms with E-state index >= 15 is 0 Å². The van der Waals surface area contributed by atoms with Gasteiger partial charge in [0.2, 0.25) is 5.91 Å². The molecular formula is C27H27N3O4. The van der Waals surface area contributed by atoms with Crippen molar-refractivity contribution in [2.45, 2.75) is 25.4 Å². The highest BCUT2D eigenvalue weighted by Gasteiger charge is 2.25. The Kier molecular flexibility index (Phi) is 5.94. The fourth-order valence-corrected chi connectivity index (χ4v) is 4.77. The number of hydrogen-bond acceptors (Lipinski definition) is 5. The molecule has 1 aliphatic heterocycles. The van der Waals surface area contributed by atoms with Crippen LogP contribution < -0.4 is 21.1 Å². The van der Waals surface area contributed by atoms with Gasteiger partial charge in [-0.25, -0.2) is 4.79 Å². The van der Waals surface area contributed by atoms with E-state index in [4.69, 9.17) is 15.2 Å². The Labute approximate surface area is 198 Å². The maximum Gasteiger partial charge on any atom is 0.411 e. The SMILES string of the molecule is COc1cccc(-c2cc(C(N)=O)c3c(c2)-c2ccc(NC(=O)OC4CCNCC4)cc2C3)c1. The van der Waals surface area contributed by atoms with Crippen LogP contribution in [0.1, 0.15) is 34.3 Å². The van der Waals surface area contributed by atoms with E-state index in [1.165, 1.54) is 0 Å². The number of ether oxygens (including phenoxy) is 2. The lowest BCUT2D eigenvalue weighted by Crippen LogP contribution is -2.34. The lowest BCUT2D eigenvalue weighted by molar-refractivity contribution is 0.0908. The summed E-state index contributed by atoms with van der Waals surface area (Å²) in [5.41, 5.74) is 12.7. The number of piperidine rings is 1. The van der Waals surface area contributed by atoms with Crippen molar-refractivity contribution >= 4 is 17.7 Å². The van der Waals surface area contributed by atoms with Gasteiger partial charge < -0.3 is 20.5 Å². The molecule has 0 atom stereocenters. The minimum atomic E-state index is -0.460. The van der Waals surface area contributed by atoms with E-state index in [0.717, 1.165) is 65.1 Å². The standard InChI is InChI=1S/C27H27N3O4/c1-33-21-4-2-3-16(12-21)17-13-23-22-6-5-19(30-27(32)34-20-7-9-29-10-8-20)11-18(22)15-24(23)25(14-17)26(28)31/h2-6,11-14,20,29H,7-10,15H2,1H3,(H2,28,31)(H,30,32). The summed E-state index contributed by atoms with van der Waals surface area (Å²) in [6, 6.07) is 17.4. The highest BCUT2D eigenvalue weighted by molar-refractivity contribution is 6.00. The molecule has 2 aliphatic rings. The smallest absolute Gasteiger partial charge is 0.411 e. The van der Waals surface area contributed by atoms with Crippen molar-refractivity contribution in [2.24, 2.45) is 5.73 Å². The van der Waals surface area contributed by atoms with Crippen LogP contribution in [-0.2, 0) is 11.2 Å². The molecule has 0 aromatic heterocycles. The van der Waals surface area contributed by atoms with Gasteiger partial charge in [-0.05, 0) is 102 Å². The monoisotopic (exact) mass is 457 g/mol. The average Bonchev–Trinajstić information content (AvgIpc) is 3.21. The fraction of sp³-hybridized carbons (Fsp3) is 0.259.